The molecule has 1 aliphatic heterocycles. The maximum absolute atomic E-state index is 16.2. The Morgan fingerprint density at radius 3 is 1.68 bits per heavy atom. The molecule has 1 fully saturated rings. The van der Waals surface area contributed by atoms with Gasteiger partial charge in [-0.1, -0.05) is 24.3 Å². The second kappa shape index (κ2) is 11.7. The maximum atomic E-state index is 16.2. The maximum Gasteiger partial charge on any atom is 0.495 e. The number of anilines is 1. The number of hydrogen-bond acceptors (Lipinski definition) is 5. The molecular formula is C31H37BF3NO4. The molecular weight excluding hydrogens is 518 g/mol. The fraction of sp³-hybridized carbons (Fsp3) is 0.419. The van der Waals surface area contributed by atoms with Crippen molar-refractivity contribution in [1.82, 2.24) is 0 Å². The van der Waals surface area contributed by atoms with E-state index in [-0.39, 0.29) is 16.8 Å². The normalized spacial score (nSPS) is 15.9. The summed E-state index contributed by atoms with van der Waals surface area (Å²) in [5, 5.41) is 0. The van der Waals surface area contributed by atoms with Gasteiger partial charge in [-0.3, -0.25) is 0 Å². The Labute approximate surface area is 235 Å². The lowest BCUT2D eigenvalue weighted by Crippen LogP contribution is -2.41. The van der Waals surface area contributed by atoms with Gasteiger partial charge in [0.25, 0.3) is 0 Å². The molecule has 0 bridgehead atoms. The molecule has 9 heteroatoms. The molecule has 1 saturated heterocycles. The minimum Gasteiger partial charge on any atom is -0.497 e. The van der Waals surface area contributed by atoms with Crippen LogP contribution in [0.2, 0.25) is 0 Å². The van der Waals surface area contributed by atoms with Gasteiger partial charge < -0.3 is 23.7 Å². The number of hydrogen-bond donors (Lipinski definition) is 0. The van der Waals surface area contributed by atoms with E-state index < -0.39 is 37.0 Å². The van der Waals surface area contributed by atoms with Crippen molar-refractivity contribution in [3.63, 3.8) is 0 Å². The molecule has 3 aromatic carbocycles. The van der Waals surface area contributed by atoms with Crippen LogP contribution in [-0.4, -0.2) is 39.0 Å². The summed E-state index contributed by atoms with van der Waals surface area (Å²) in [6.45, 7) is 9.87. The summed E-state index contributed by atoms with van der Waals surface area (Å²) in [4.78, 5) is 1.90. The zero-order chi connectivity index (χ0) is 29.2. The summed E-state index contributed by atoms with van der Waals surface area (Å²) < 4.78 is 66.7. The Balaban J connectivity index is 1.82. The van der Waals surface area contributed by atoms with Crippen LogP contribution in [0.25, 0.3) is 0 Å². The van der Waals surface area contributed by atoms with Crippen molar-refractivity contribution in [3.05, 3.63) is 82.7 Å². The van der Waals surface area contributed by atoms with Crippen molar-refractivity contribution in [2.45, 2.75) is 71.8 Å². The lowest BCUT2D eigenvalue weighted by atomic mass is 9.73. The molecule has 0 radical (unpaired) electrons. The van der Waals surface area contributed by atoms with Crippen molar-refractivity contribution < 1.29 is 32.0 Å². The minimum atomic E-state index is -2.65. The number of nitrogens with zero attached hydrogens (tertiary/aromatic N) is 1. The van der Waals surface area contributed by atoms with Crippen molar-refractivity contribution in [2.24, 2.45) is 0 Å². The van der Waals surface area contributed by atoms with E-state index >= 15 is 4.39 Å². The number of benzene rings is 3. The Hall–Kier alpha value is -3.17. The van der Waals surface area contributed by atoms with E-state index in [2.05, 4.69) is 0 Å². The van der Waals surface area contributed by atoms with Gasteiger partial charge in [-0.2, -0.15) is 0 Å². The highest BCUT2D eigenvalue weighted by molar-refractivity contribution is 6.62. The highest BCUT2D eigenvalue weighted by Gasteiger charge is 2.52. The smallest absolute Gasteiger partial charge is 0.495 e. The average molecular weight is 555 g/mol. The highest BCUT2D eigenvalue weighted by Crippen LogP contribution is 2.38. The number of halogens is 3. The Morgan fingerprint density at radius 1 is 0.825 bits per heavy atom. The largest absolute Gasteiger partial charge is 0.497 e. The van der Waals surface area contributed by atoms with Crippen LogP contribution in [0.4, 0.5) is 18.9 Å². The van der Waals surface area contributed by atoms with E-state index in [9.17, 15) is 8.78 Å². The zero-order valence-electron chi connectivity index (χ0n) is 24.2. The Bertz CT molecular complexity index is 1250. The van der Waals surface area contributed by atoms with Crippen LogP contribution in [0.5, 0.6) is 11.5 Å². The number of methoxy groups -OCH3 is 2. The number of rotatable bonds is 10. The van der Waals surface area contributed by atoms with E-state index in [1.165, 1.54) is 0 Å². The van der Waals surface area contributed by atoms with Gasteiger partial charge in [0.1, 0.15) is 17.3 Å². The van der Waals surface area contributed by atoms with Gasteiger partial charge in [0, 0.05) is 19.5 Å². The predicted octanol–water partition coefficient (Wildman–Crippen LogP) is 6.46. The third-order valence-electron chi connectivity index (χ3n) is 7.92. The van der Waals surface area contributed by atoms with Crippen molar-refractivity contribution in [2.75, 3.05) is 19.1 Å². The molecule has 0 spiro atoms. The highest BCUT2D eigenvalue weighted by atomic mass is 19.3. The minimum absolute atomic E-state index is 0.164. The van der Waals surface area contributed by atoms with E-state index in [4.69, 9.17) is 18.8 Å². The van der Waals surface area contributed by atoms with Crippen LogP contribution in [0, 0.1) is 12.7 Å². The fourth-order valence-corrected chi connectivity index (χ4v) is 4.80. The van der Waals surface area contributed by atoms with Crippen LogP contribution in [-0.2, 0) is 28.8 Å². The van der Waals surface area contributed by atoms with Crippen LogP contribution in [0.3, 0.4) is 0 Å². The number of ether oxygens (including phenoxy) is 2. The fourth-order valence-electron chi connectivity index (χ4n) is 4.80. The first-order valence-electron chi connectivity index (χ1n) is 13.3. The van der Waals surface area contributed by atoms with Crippen molar-refractivity contribution in [1.29, 1.82) is 0 Å². The molecule has 5 nitrogen and oxygen atoms in total. The van der Waals surface area contributed by atoms with Gasteiger partial charge in [-0.05, 0) is 92.7 Å². The third-order valence-corrected chi connectivity index (χ3v) is 7.92. The summed E-state index contributed by atoms with van der Waals surface area (Å²) in [6.07, 6.45) is -3.25. The standard InChI is InChI=1S/C31H37BF3NO4/c1-20-25(16-28(33)34)26(32-39-30(2,3)31(4,5)40-32)17-27(29(20)35)36(18-21-8-12-23(37-6)13-9-21)19-22-10-14-24(38-7)15-11-22/h8-15,17,28H,16,18-19H2,1-7H3. The van der Waals surface area contributed by atoms with Gasteiger partial charge in [0.05, 0.1) is 31.1 Å². The molecule has 1 aliphatic rings. The first-order chi connectivity index (χ1) is 18.8. The predicted molar refractivity (Wildman–Crippen MR) is 152 cm³/mol. The molecule has 40 heavy (non-hydrogen) atoms. The second-order valence-electron chi connectivity index (χ2n) is 11.1. The van der Waals surface area contributed by atoms with Gasteiger partial charge in [0.15, 0.2) is 0 Å². The second-order valence-corrected chi connectivity index (χ2v) is 11.1. The molecule has 0 amide bonds. The Kier molecular flexibility index (Phi) is 8.76. The summed E-state index contributed by atoms with van der Waals surface area (Å²) in [6, 6.07) is 16.7. The quantitative estimate of drug-likeness (QED) is 0.269. The van der Waals surface area contributed by atoms with Crippen LogP contribution < -0.4 is 19.8 Å². The van der Waals surface area contributed by atoms with Gasteiger partial charge in [-0.25, -0.2) is 13.2 Å². The van der Waals surface area contributed by atoms with Gasteiger partial charge >= 0.3 is 7.12 Å². The van der Waals surface area contributed by atoms with E-state index in [0.717, 1.165) is 11.1 Å². The molecule has 3 aromatic rings. The molecule has 0 atom stereocenters. The summed E-state index contributed by atoms with van der Waals surface area (Å²) in [7, 11) is 2.28. The molecule has 0 unspecified atom stereocenters. The monoisotopic (exact) mass is 555 g/mol. The van der Waals surface area contributed by atoms with Crippen LogP contribution >= 0.6 is 0 Å². The first-order valence-corrected chi connectivity index (χ1v) is 13.3. The van der Waals surface area contributed by atoms with Crippen LogP contribution in [0.1, 0.15) is 49.9 Å². The number of alkyl halides is 2. The summed E-state index contributed by atoms with van der Waals surface area (Å²) in [5.41, 5.74) is 1.57. The lowest BCUT2D eigenvalue weighted by molar-refractivity contribution is 0.00578. The third kappa shape index (κ3) is 6.26. The summed E-state index contributed by atoms with van der Waals surface area (Å²) in [5.74, 6) is 0.886. The van der Waals surface area contributed by atoms with Gasteiger partial charge in [-0.15, -0.1) is 0 Å². The SMILES string of the molecule is COc1ccc(CN(Cc2ccc(OC)cc2)c2cc(B3OC(C)(C)C(C)(C)O3)c(CC(F)F)c(C)c2F)cc1. The average Bonchev–Trinajstić information content (AvgIpc) is 3.13. The molecule has 214 valence electrons. The molecule has 1 heterocycles. The topological polar surface area (TPSA) is 40.2 Å². The molecule has 0 aliphatic carbocycles. The van der Waals surface area contributed by atoms with Gasteiger partial charge in [0.2, 0.25) is 6.43 Å². The Morgan fingerprint density at radius 2 is 1.27 bits per heavy atom. The van der Waals surface area contributed by atoms with E-state index in [1.807, 2.05) is 81.1 Å². The molecule has 0 saturated carbocycles. The molecule has 4 rings (SSSR count). The summed E-state index contributed by atoms with van der Waals surface area (Å²) >= 11 is 0. The first kappa shape index (κ1) is 29.8. The van der Waals surface area contributed by atoms with Crippen LogP contribution in [0.15, 0.2) is 54.6 Å². The molecule has 0 N–H and O–H groups in total. The molecule has 0 aromatic heterocycles. The van der Waals surface area contributed by atoms with E-state index in [0.29, 0.717) is 30.1 Å². The van der Waals surface area contributed by atoms with E-state index in [1.54, 1.807) is 27.2 Å². The lowest BCUT2D eigenvalue weighted by Gasteiger charge is -2.32. The van der Waals surface area contributed by atoms with Crippen molar-refractivity contribution >= 4 is 18.3 Å². The zero-order valence-corrected chi connectivity index (χ0v) is 24.2. The van der Waals surface area contributed by atoms with Crippen molar-refractivity contribution in [3.8, 4) is 11.5 Å².